The van der Waals surface area contributed by atoms with Crippen molar-refractivity contribution in [3.05, 3.63) is 0 Å². The van der Waals surface area contributed by atoms with Gasteiger partial charge < -0.3 is 5.73 Å². The first-order chi connectivity index (χ1) is 5.25. The highest BCUT2D eigenvalue weighted by atomic mass is 16.1. The topological polar surface area (TPSA) is 60.2 Å². The second kappa shape index (κ2) is 3.51. The van der Waals surface area contributed by atoms with Gasteiger partial charge >= 0.3 is 0 Å². The van der Waals surface area contributed by atoms with Gasteiger partial charge in [0.2, 0.25) is 12.2 Å². The van der Waals surface area contributed by atoms with E-state index in [-0.39, 0.29) is 17.7 Å². The van der Waals surface area contributed by atoms with Gasteiger partial charge in [-0.05, 0) is 12.8 Å². The van der Waals surface area contributed by atoms with Crippen LogP contribution < -0.4 is 5.73 Å². The SMILES string of the molecule is NC(=O)C1CCCCC1[C]=O. The number of hydrogen-bond acceptors (Lipinski definition) is 2. The van der Waals surface area contributed by atoms with Crippen molar-refractivity contribution in [2.75, 3.05) is 0 Å². The summed E-state index contributed by atoms with van der Waals surface area (Å²) in [5.41, 5.74) is 5.12. The molecule has 2 atom stereocenters. The molecule has 0 aromatic carbocycles. The maximum atomic E-state index is 10.8. The lowest BCUT2D eigenvalue weighted by Crippen LogP contribution is -2.33. The molecule has 11 heavy (non-hydrogen) atoms. The molecule has 61 valence electrons. The summed E-state index contributed by atoms with van der Waals surface area (Å²) in [7, 11) is 0. The Kier molecular flexibility index (Phi) is 2.63. The zero-order valence-corrected chi connectivity index (χ0v) is 6.38. The summed E-state index contributed by atoms with van der Waals surface area (Å²) in [4.78, 5) is 21.1. The molecular weight excluding hydrogens is 142 g/mol. The van der Waals surface area contributed by atoms with Crippen molar-refractivity contribution in [1.82, 2.24) is 0 Å². The minimum absolute atomic E-state index is 0.235. The van der Waals surface area contributed by atoms with Crippen molar-refractivity contribution >= 4 is 12.2 Å². The molecule has 3 heteroatoms. The van der Waals surface area contributed by atoms with Gasteiger partial charge in [-0.25, -0.2) is 0 Å². The fourth-order valence-corrected chi connectivity index (χ4v) is 1.61. The van der Waals surface area contributed by atoms with Gasteiger partial charge in [-0.1, -0.05) is 12.8 Å². The van der Waals surface area contributed by atoms with Gasteiger partial charge in [-0.3, -0.25) is 9.59 Å². The van der Waals surface area contributed by atoms with Gasteiger partial charge in [-0.2, -0.15) is 0 Å². The van der Waals surface area contributed by atoms with Crippen LogP contribution in [0.4, 0.5) is 0 Å². The molecule has 0 saturated heterocycles. The predicted octanol–water partition coefficient (Wildman–Crippen LogP) is 0.388. The average molecular weight is 154 g/mol. The lowest BCUT2D eigenvalue weighted by atomic mass is 9.80. The van der Waals surface area contributed by atoms with Crippen LogP contribution in [0.2, 0.25) is 0 Å². The lowest BCUT2D eigenvalue weighted by Gasteiger charge is -2.23. The second-order valence-corrected chi connectivity index (χ2v) is 3.02. The molecule has 1 aliphatic rings. The average Bonchev–Trinajstić information content (AvgIpc) is 2.04. The van der Waals surface area contributed by atoms with Crippen molar-refractivity contribution in [3.8, 4) is 0 Å². The third kappa shape index (κ3) is 1.79. The van der Waals surface area contributed by atoms with Crippen LogP contribution in [0.5, 0.6) is 0 Å². The summed E-state index contributed by atoms with van der Waals surface area (Å²) in [6.45, 7) is 0. The highest BCUT2D eigenvalue weighted by Gasteiger charge is 2.29. The van der Waals surface area contributed by atoms with Gasteiger partial charge in [0.05, 0.1) is 0 Å². The summed E-state index contributed by atoms with van der Waals surface area (Å²) < 4.78 is 0. The normalized spacial score (nSPS) is 31.3. The van der Waals surface area contributed by atoms with Gasteiger partial charge in [0, 0.05) is 11.8 Å². The molecule has 0 aromatic heterocycles. The van der Waals surface area contributed by atoms with Crippen LogP contribution in [-0.4, -0.2) is 12.2 Å². The maximum absolute atomic E-state index is 10.8. The van der Waals surface area contributed by atoms with Gasteiger partial charge in [0.1, 0.15) is 0 Å². The van der Waals surface area contributed by atoms with E-state index < -0.39 is 0 Å². The molecular formula is C8H12NO2. The Bertz CT molecular complexity index is 167. The van der Waals surface area contributed by atoms with Crippen molar-refractivity contribution in [2.45, 2.75) is 25.7 Å². The predicted molar refractivity (Wildman–Crippen MR) is 40.3 cm³/mol. The van der Waals surface area contributed by atoms with E-state index >= 15 is 0 Å². The quantitative estimate of drug-likeness (QED) is 0.625. The molecule has 1 fully saturated rings. The van der Waals surface area contributed by atoms with Crippen LogP contribution >= 0.6 is 0 Å². The molecule has 0 spiro atoms. The number of rotatable bonds is 2. The number of carbonyl (C=O) groups excluding carboxylic acids is 2. The molecule has 3 nitrogen and oxygen atoms in total. The van der Waals surface area contributed by atoms with Crippen molar-refractivity contribution in [3.63, 3.8) is 0 Å². The lowest BCUT2D eigenvalue weighted by molar-refractivity contribution is -0.123. The van der Waals surface area contributed by atoms with Crippen LogP contribution in [0.3, 0.4) is 0 Å². The van der Waals surface area contributed by atoms with Crippen molar-refractivity contribution < 1.29 is 9.59 Å². The Balaban J connectivity index is 2.58. The van der Waals surface area contributed by atoms with E-state index in [1.165, 1.54) is 0 Å². The molecule has 1 saturated carbocycles. The summed E-state index contributed by atoms with van der Waals surface area (Å²) >= 11 is 0. The summed E-state index contributed by atoms with van der Waals surface area (Å²) in [5.74, 6) is -0.833. The Morgan fingerprint density at radius 1 is 1.36 bits per heavy atom. The van der Waals surface area contributed by atoms with E-state index in [0.29, 0.717) is 0 Å². The molecule has 1 amide bonds. The number of carbonyl (C=O) groups is 1. The summed E-state index contributed by atoms with van der Waals surface area (Å²) in [6.07, 6.45) is 5.44. The molecule has 1 radical (unpaired) electrons. The van der Waals surface area contributed by atoms with Crippen LogP contribution in [0, 0.1) is 11.8 Å². The Morgan fingerprint density at radius 2 is 2.00 bits per heavy atom. The molecule has 0 aromatic rings. The molecule has 1 rings (SSSR count). The fraction of sp³-hybridized carbons (Fsp3) is 0.750. The molecule has 2 N–H and O–H groups in total. The van der Waals surface area contributed by atoms with Crippen LogP contribution in [0.15, 0.2) is 0 Å². The van der Waals surface area contributed by atoms with Gasteiger partial charge in [0.25, 0.3) is 0 Å². The first kappa shape index (κ1) is 8.24. The van der Waals surface area contributed by atoms with Crippen LogP contribution in [-0.2, 0) is 9.59 Å². The van der Waals surface area contributed by atoms with E-state index in [1.54, 1.807) is 0 Å². The minimum atomic E-state index is -0.349. The minimum Gasteiger partial charge on any atom is -0.369 e. The first-order valence-corrected chi connectivity index (χ1v) is 3.92. The van der Waals surface area contributed by atoms with Crippen LogP contribution in [0.1, 0.15) is 25.7 Å². The fourth-order valence-electron chi connectivity index (χ4n) is 1.61. The zero-order chi connectivity index (χ0) is 8.27. The van der Waals surface area contributed by atoms with Gasteiger partial charge in [0.15, 0.2) is 0 Å². The Morgan fingerprint density at radius 3 is 2.45 bits per heavy atom. The van der Waals surface area contributed by atoms with E-state index in [2.05, 4.69) is 0 Å². The summed E-state index contributed by atoms with van der Waals surface area (Å²) in [6, 6.07) is 0. The maximum Gasteiger partial charge on any atom is 0.221 e. The van der Waals surface area contributed by atoms with E-state index in [1.807, 2.05) is 6.29 Å². The monoisotopic (exact) mass is 154 g/mol. The number of hydrogen-bond donors (Lipinski definition) is 1. The highest BCUT2D eigenvalue weighted by molar-refractivity contribution is 5.80. The summed E-state index contributed by atoms with van der Waals surface area (Å²) in [5, 5.41) is 0. The number of amides is 1. The molecule has 1 aliphatic carbocycles. The molecule has 0 bridgehead atoms. The number of primary amides is 1. The number of nitrogens with two attached hydrogens (primary N) is 1. The third-order valence-corrected chi connectivity index (χ3v) is 2.28. The Labute approximate surface area is 66.0 Å². The largest absolute Gasteiger partial charge is 0.369 e. The van der Waals surface area contributed by atoms with Crippen LogP contribution in [0.25, 0.3) is 0 Å². The first-order valence-electron chi connectivity index (χ1n) is 3.92. The zero-order valence-electron chi connectivity index (χ0n) is 6.38. The Hall–Kier alpha value is -0.860. The molecule has 0 aliphatic heterocycles. The smallest absolute Gasteiger partial charge is 0.221 e. The van der Waals surface area contributed by atoms with E-state index in [9.17, 15) is 9.59 Å². The third-order valence-electron chi connectivity index (χ3n) is 2.28. The molecule has 2 unspecified atom stereocenters. The standard InChI is InChI=1S/C8H12NO2/c9-8(11)7-4-2-1-3-6(7)5-10/h6-7H,1-4H2,(H2,9,11). The van der Waals surface area contributed by atoms with E-state index in [0.717, 1.165) is 25.7 Å². The van der Waals surface area contributed by atoms with Crippen molar-refractivity contribution in [1.29, 1.82) is 0 Å². The molecule has 0 heterocycles. The van der Waals surface area contributed by atoms with Gasteiger partial charge in [-0.15, -0.1) is 0 Å². The highest BCUT2D eigenvalue weighted by Crippen LogP contribution is 2.27. The van der Waals surface area contributed by atoms with E-state index in [4.69, 9.17) is 5.73 Å². The van der Waals surface area contributed by atoms with Crippen molar-refractivity contribution in [2.24, 2.45) is 17.6 Å². The second-order valence-electron chi connectivity index (χ2n) is 3.02.